The van der Waals surface area contributed by atoms with Crippen LogP contribution in [-0.4, -0.2) is 44.4 Å². The van der Waals surface area contributed by atoms with Crippen molar-refractivity contribution in [2.45, 2.75) is 58.2 Å². The van der Waals surface area contributed by atoms with Crippen molar-refractivity contribution in [1.82, 2.24) is 25.2 Å². The summed E-state index contributed by atoms with van der Waals surface area (Å²) in [6.07, 6.45) is 4.16. The minimum Gasteiger partial charge on any atom is -0.376 e. The fraction of sp³-hybridized carbons (Fsp3) is 0.407. The van der Waals surface area contributed by atoms with Crippen molar-refractivity contribution in [3.05, 3.63) is 80.9 Å². The number of pyridine rings is 1. The summed E-state index contributed by atoms with van der Waals surface area (Å²) >= 11 is 0. The molecule has 0 amide bonds. The second-order valence-corrected chi connectivity index (χ2v) is 9.72. The molecule has 6 rings (SSSR count). The molecular formula is C27H30N6O2. The van der Waals surface area contributed by atoms with Crippen molar-refractivity contribution in [2.75, 3.05) is 18.1 Å². The lowest BCUT2D eigenvalue weighted by atomic mass is 9.95. The van der Waals surface area contributed by atoms with E-state index in [1.807, 2.05) is 23.7 Å². The van der Waals surface area contributed by atoms with E-state index in [2.05, 4.69) is 62.7 Å². The summed E-state index contributed by atoms with van der Waals surface area (Å²) in [6.45, 7) is 6.28. The molecule has 0 aliphatic carbocycles. The number of aromatic amines is 1. The molecule has 0 bridgehead atoms. The molecular weight excluding hydrogens is 440 g/mol. The lowest BCUT2D eigenvalue weighted by molar-refractivity contribution is 0.0924. The summed E-state index contributed by atoms with van der Waals surface area (Å²) < 4.78 is 7.72. The Hall–Kier alpha value is -3.52. The summed E-state index contributed by atoms with van der Waals surface area (Å²) in [5.74, 6) is 0.673. The van der Waals surface area contributed by atoms with Crippen molar-refractivity contribution >= 4 is 16.6 Å². The molecule has 2 atom stereocenters. The molecule has 0 saturated carbocycles. The molecule has 2 aliphatic heterocycles. The van der Waals surface area contributed by atoms with Gasteiger partial charge in [-0.1, -0.05) is 30.3 Å². The Morgan fingerprint density at radius 2 is 2.00 bits per heavy atom. The summed E-state index contributed by atoms with van der Waals surface area (Å²) in [5, 5.41) is 13.9. The number of aryl methyl sites for hydroxylation is 3. The minimum atomic E-state index is -0.416. The molecule has 2 aromatic heterocycles. The van der Waals surface area contributed by atoms with E-state index < -0.39 is 6.04 Å². The van der Waals surface area contributed by atoms with Gasteiger partial charge in [0.15, 0.2) is 5.82 Å². The number of nitrogens with zero attached hydrogens (tertiary/aromatic N) is 5. The molecule has 1 saturated heterocycles. The van der Waals surface area contributed by atoms with E-state index in [-0.39, 0.29) is 11.7 Å². The van der Waals surface area contributed by atoms with E-state index in [9.17, 15) is 4.79 Å². The van der Waals surface area contributed by atoms with Gasteiger partial charge in [0.2, 0.25) is 0 Å². The van der Waals surface area contributed by atoms with Crippen LogP contribution in [0, 0.1) is 13.8 Å². The number of ether oxygens (including phenoxy) is 1. The fourth-order valence-electron chi connectivity index (χ4n) is 5.59. The topological polar surface area (TPSA) is 88.9 Å². The van der Waals surface area contributed by atoms with Crippen LogP contribution in [0.15, 0.2) is 47.3 Å². The first-order valence-corrected chi connectivity index (χ1v) is 12.5. The average molecular weight is 471 g/mol. The molecule has 35 heavy (non-hydrogen) atoms. The second-order valence-electron chi connectivity index (χ2n) is 9.72. The normalized spacial score (nSPS) is 18.7. The van der Waals surface area contributed by atoms with Gasteiger partial charge in [-0.25, -0.2) is 4.68 Å². The van der Waals surface area contributed by atoms with Gasteiger partial charge in [0, 0.05) is 29.8 Å². The van der Waals surface area contributed by atoms with Crippen LogP contribution in [0.2, 0.25) is 0 Å². The van der Waals surface area contributed by atoms with Gasteiger partial charge in [-0.15, -0.1) is 5.10 Å². The number of nitrogens with one attached hydrogen (secondary N) is 1. The van der Waals surface area contributed by atoms with Crippen molar-refractivity contribution < 1.29 is 4.74 Å². The first-order valence-electron chi connectivity index (χ1n) is 12.5. The van der Waals surface area contributed by atoms with E-state index in [1.54, 1.807) is 0 Å². The van der Waals surface area contributed by atoms with Gasteiger partial charge in [0.25, 0.3) is 5.56 Å². The Balaban J connectivity index is 1.55. The minimum absolute atomic E-state index is 0.0892. The number of H-pyrrole nitrogens is 1. The van der Waals surface area contributed by atoms with Crippen molar-refractivity contribution in [2.24, 2.45) is 0 Å². The van der Waals surface area contributed by atoms with Gasteiger partial charge in [-0.2, -0.15) is 0 Å². The largest absolute Gasteiger partial charge is 0.376 e. The highest BCUT2D eigenvalue weighted by molar-refractivity contribution is 5.85. The third kappa shape index (κ3) is 3.91. The van der Waals surface area contributed by atoms with Crippen molar-refractivity contribution in [3.8, 4) is 0 Å². The van der Waals surface area contributed by atoms with Crippen LogP contribution < -0.4 is 10.5 Å². The number of benzene rings is 2. The Morgan fingerprint density at radius 1 is 1.14 bits per heavy atom. The van der Waals surface area contributed by atoms with Crippen LogP contribution in [0.25, 0.3) is 10.9 Å². The third-order valence-electron chi connectivity index (χ3n) is 7.43. The number of rotatable bonds is 5. The molecule has 1 N–H and O–H groups in total. The Morgan fingerprint density at radius 3 is 2.86 bits per heavy atom. The number of para-hydroxylation sites is 1. The maximum Gasteiger partial charge on any atom is 0.254 e. The maximum atomic E-state index is 13.7. The predicted octanol–water partition coefficient (Wildman–Crippen LogP) is 3.85. The maximum absolute atomic E-state index is 13.7. The third-order valence-corrected chi connectivity index (χ3v) is 7.43. The van der Waals surface area contributed by atoms with Crippen LogP contribution in [0.3, 0.4) is 0 Å². The summed E-state index contributed by atoms with van der Waals surface area (Å²) in [4.78, 5) is 19.1. The highest BCUT2D eigenvalue weighted by Gasteiger charge is 2.34. The highest BCUT2D eigenvalue weighted by atomic mass is 16.5. The fourth-order valence-corrected chi connectivity index (χ4v) is 5.59. The van der Waals surface area contributed by atoms with Gasteiger partial charge in [-0.05, 0) is 78.8 Å². The number of hydrogen-bond donors (Lipinski definition) is 1. The molecule has 1 fully saturated rings. The van der Waals surface area contributed by atoms with Gasteiger partial charge in [-0.3, -0.25) is 4.79 Å². The molecule has 0 radical (unpaired) electrons. The zero-order valence-corrected chi connectivity index (χ0v) is 20.2. The van der Waals surface area contributed by atoms with E-state index in [4.69, 9.17) is 4.74 Å². The Bertz CT molecular complexity index is 1440. The summed E-state index contributed by atoms with van der Waals surface area (Å²) in [6, 6.07) is 14.2. The number of hydrogen-bond acceptors (Lipinski definition) is 6. The van der Waals surface area contributed by atoms with Gasteiger partial charge in [0.1, 0.15) is 6.04 Å². The van der Waals surface area contributed by atoms with E-state index in [0.29, 0.717) is 17.9 Å². The molecule has 8 nitrogen and oxygen atoms in total. The summed E-state index contributed by atoms with van der Waals surface area (Å²) in [7, 11) is 0. The first kappa shape index (κ1) is 22.0. The van der Waals surface area contributed by atoms with Crippen LogP contribution in [-0.2, 0) is 17.7 Å². The van der Waals surface area contributed by atoms with E-state index in [0.717, 1.165) is 66.6 Å². The lowest BCUT2D eigenvalue weighted by Gasteiger charge is -2.37. The smallest absolute Gasteiger partial charge is 0.254 e. The monoisotopic (exact) mass is 470 g/mol. The molecule has 4 heterocycles. The molecule has 8 heteroatoms. The van der Waals surface area contributed by atoms with E-state index >= 15 is 0 Å². The molecule has 0 unspecified atom stereocenters. The molecule has 2 aliphatic rings. The van der Waals surface area contributed by atoms with Gasteiger partial charge < -0.3 is 14.6 Å². The Labute approximate surface area is 203 Å². The average Bonchev–Trinajstić information content (AvgIpc) is 3.55. The van der Waals surface area contributed by atoms with Crippen molar-refractivity contribution in [1.29, 1.82) is 0 Å². The zero-order valence-electron chi connectivity index (χ0n) is 20.2. The molecule has 4 aromatic rings. The molecule has 180 valence electrons. The number of anilines is 1. The zero-order chi connectivity index (χ0) is 23.9. The lowest BCUT2D eigenvalue weighted by Crippen LogP contribution is -2.39. The predicted molar refractivity (Wildman–Crippen MR) is 135 cm³/mol. The number of tetrazole rings is 1. The van der Waals surface area contributed by atoms with Crippen LogP contribution in [0.1, 0.15) is 53.4 Å². The Kier molecular flexibility index (Phi) is 5.60. The molecule has 0 spiro atoms. The van der Waals surface area contributed by atoms with E-state index in [1.165, 1.54) is 5.56 Å². The highest BCUT2D eigenvalue weighted by Crippen LogP contribution is 2.37. The van der Waals surface area contributed by atoms with Gasteiger partial charge >= 0.3 is 0 Å². The van der Waals surface area contributed by atoms with Crippen LogP contribution >= 0.6 is 0 Å². The quantitative estimate of drug-likeness (QED) is 0.477. The number of fused-ring (bicyclic) bond motifs is 2. The summed E-state index contributed by atoms with van der Waals surface area (Å²) in [5.41, 5.74) is 6.03. The second kappa shape index (κ2) is 8.92. The number of aromatic nitrogens is 5. The SMILES string of the molecule is Cc1ccc(C)c2[nH]c(=O)c([C@@H](c3nnnn3C[C@H]3CCCO3)N3CCCc4ccccc43)cc12. The standard InChI is InChI=1S/C27H30N6O2/c1-17-11-12-18(2)24-21(17)15-22(27(34)28-24)25(32-13-5-8-19-7-3-4-10-23(19)32)26-29-30-31-33(26)16-20-9-6-14-35-20/h3-4,7,10-12,15,20,25H,5-6,8-9,13-14,16H2,1-2H3,(H,28,34)/t20-,25+/m1/s1. The van der Waals surface area contributed by atoms with Crippen LogP contribution in [0.4, 0.5) is 5.69 Å². The van der Waals surface area contributed by atoms with Crippen LogP contribution in [0.5, 0.6) is 0 Å². The van der Waals surface area contributed by atoms with Gasteiger partial charge in [0.05, 0.1) is 18.2 Å². The van der Waals surface area contributed by atoms with Crippen molar-refractivity contribution in [3.63, 3.8) is 0 Å². The molecule has 2 aromatic carbocycles. The first-order chi connectivity index (χ1) is 17.1.